The molecule has 2 heterocycles. The maximum Gasteiger partial charge on any atom is 0.224 e. The number of hydrogen-bond donors (Lipinski definition) is 0. The van der Waals surface area contributed by atoms with Crippen LogP contribution in [0.3, 0.4) is 0 Å². The first-order valence-corrected chi connectivity index (χ1v) is 8.00. The minimum atomic E-state index is 0.145. The molecule has 0 aliphatic carbocycles. The van der Waals surface area contributed by atoms with Crippen LogP contribution in [-0.4, -0.2) is 41.1 Å². The van der Waals surface area contributed by atoms with Gasteiger partial charge >= 0.3 is 0 Å². The van der Waals surface area contributed by atoms with Gasteiger partial charge in [-0.2, -0.15) is 0 Å². The molecule has 1 aliphatic rings. The van der Waals surface area contributed by atoms with Gasteiger partial charge in [0.05, 0.1) is 13.2 Å². The lowest BCUT2D eigenvalue weighted by molar-refractivity contribution is -0.126. The Morgan fingerprint density at radius 1 is 1.17 bits per heavy atom. The lowest BCUT2D eigenvalue weighted by atomic mass is 10.1. The van der Waals surface area contributed by atoms with E-state index in [0.29, 0.717) is 6.42 Å². The molecule has 24 heavy (non-hydrogen) atoms. The Balaban J connectivity index is 1.73. The van der Waals surface area contributed by atoms with E-state index in [4.69, 9.17) is 4.74 Å². The summed E-state index contributed by atoms with van der Waals surface area (Å²) in [6.07, 6.45) is 4.30. The minimum Gasteiger partial charge on any atom is -0.497 e. The highest BCUT2D eigenvalue weighted by Gasteiger charge is 2.29. The molecule has 0 N–H and O–H groups in total. The van der Waals surface area contributed by atoms with Crippen LogP contribution < -0.4 is 4.74 Å². The summed E-state index contributed by atoms with van der Waals surface area (Å²) in [6.45, 7) is 0.729. The van der Waals surface area contributed by atoms with Gasteiger partial charge in [-0.25, -0.2) is 4.98 Å². The number of carbonyl (C=O) groups is 1. The van der Waals surface area contributed by atoms with Crippen molar-refractivity contribution in [2.24, 2.45) is 0 Å². The number of fused-ring (bicyclic) bond motifs is 1. The molecule has 1 atom stereocenters. The van der Waals surface area contributed by atoms with Crippen molar-refractivity contribution in [2.75, 3.05) is 20.7 Å². The van der Waals surface area contributed by atoms with Crippen LogP contribution in [0.1, 0.15) is 12.5 Å². The van der Waals surface area contributed by atoms with E-state index in [1.54, 1.807) is 18.2 Å². The number of hydrogen-bond acceptors (Lipinski definition) is 3. The largest absolute Gasteiger partial charge is 0.497 e. The monoisotopic (exact) mass is 321 g/mol. The van der Waals surface area contributed by atoms with Crippen LogP contribution in [0.25, 0.3) is 22.2 Å². The summed E-state index contributed by atoms with van der Waals surface area (Å²) < 4.78 is 7.40. The third-order valence-corrected chi connectivity index (χ3v) is 4.69. The molecule has 1 aromatic heterocycles. The maximum absolute atomic E-state index is 11.8. The molecule has 0 radical (unpaired) electrons. The quantitative estimate of drug-likeness (QED) is 0.745. The van der Waals surface area contributed by atoms with Gasteiger partial charge < -0.3 is 14.2 Å². The molecule has 5 heteroatoms. The van der Waals surface area contributed by atoms with Gasteiger partial charge in [-0.1, -0.05) is 18.2 Å². The van der Waals surface area contributed by atoms with Crippen molar-refractivity contribution in [3.63, 3.8) is 0 Å². The predicted octanol–water partition coefficient (Wildman–Crippen LogP) is 3.12. The molecule has 0 spiro atoms. The number of amides is 1. The Morgan fingerprint density at radius 2 is 1.96 bits per heavy atom. The van der Waals surface area contributed by atoms with E-state index in [2.05, 4.69) is 33.8 Å². The Bertz CT molecular complexity index is 916. The van der Waals surface area contributed by atoms with E-state index < -0.39 is 0 Å². The van der Waals surface area contributed by atoms with Gasteiger partial charge in [-0.05, 0) is 29.0 Å². The van der Waals surface area contributed by atoms with Gasteiger partial charge in [0.15, 0.2) is 0 Å². The summed E-state index contributed by atoms with van der Waals surface area (Å²) in [7, 11) is 3.52. The highest BCUT2D eigenvalue weighted by molar-refractivity contribution is 5.87. The van der Waals surface area contributed by atoms with Crippen molar-refractivity contribution >= 4 is 16.7 Å². The SMILES string of the molecule is COc1ccc2cc(-c3nccn3C3CC(=O)N(C)C3)ccc2c1. The molecule has 1 unspecified atom stereocenters. The number of likely N-dealkylation sites (tertiary alicyclic amines) is 1. The first-order valence-electron chi connectivity index (χ1n) is 8.00. The third-order valence-electron chi connectivity index (χ3n) is 4.69. The van der Waals surface area contributed by atoms with E-state index in [9.17, 15) is 4.79 Å². The van der Waals surface area contributed by atoms with E-state index >= 15 is 0 Å². The van der Waals surface area contributed by atoms with Crippen molar-refractivity contribution in [3.8, 4) is 17.1 Å². The van der Waals surface area contributed by atoms with Gasteiger partial charge in [0.25, 0.3) is 0 Å². The molecule has 1 amide bonds. The number of rotatable bonds is 3. The van der Waals surface area contributed by atoms with Crippen molar-refractivity contribution in [3.05, 3.63) is 48.8 Å². The minimum absolute atomic E-state index is 0.145. The molecule has 2 aromatic carbocycles. The molecule has 1 fully saturated rings. The molecule has 5 nitrogen and oxygen atoms in total. The normalized spacial score (nSPS) is 17.7. The van der Waals surface area contributed by atoms with Gasteiger partial charge in [0.1, 0.15) is 11.6 Å². The van der Waals surface area contributed by atoms with Crippen LogP contribution in [0.4, 0.5) is 0 Å². The second-order valence-corrected chi connectivity index (χ2v) is 6.22. The lowest BCUT2D eigenvalue weighted by Crippen LogP contribution is -2.19. The molecular formula is C19H19N3O2. The standard InChI is InChI=1S/C19H19N3O2/c1-21-12-16(11-18(21)23)22-8-7-20-19(22)15-4-3-14-10-17(24-2)6-5-13(14)9-15/h3-10,16H,11-12H2,1-2H3. The lowest BCUT2D eigenvalue weighted by Gasteiger charge is -2.15. The number of nitrogens with zero attached hydrogens (tertiary/aromatic N) is 3. The summed E-state index contributed by atoms with van der Waals surface area (Å²) in [5.41, 5.74) is 1.06. The highest BCUT2D eigenvalue weighted by Crippen LogP contribution is 2.30. The topological polar surface area (TPSA) is 47.4 Å². The predicted molar refractivity (Wildman–Crippen MR) is 93.0 cm³/mol. The Labute approximate surface area is 140 Å². The van der Waals surface area contributed by atoms with E-state index in [1.165, 1.54) is 0 Å². The summed E-state index contributed by atoms with van der Waals surface area (Å²) in [6, 6.07) is 12.5. The molecule has 1 aliphatic heterocycles. The van der Waals surface area contributed by atoms with Crippen LogP contribution in [0.5, 0.6) is 5.75 Å². The fourth-order valence-electron chi connectivity index (χ4n) is 3.35. The number of benzene rings is 2. The van der Waals surface area contributed by atoms with Gasteiger partial charge in [0.2, 0.25) is 5.91 Å². The van der Waals surface area contributed by atoms with Crippen LogP contribution >= 0.6 is 0 Å². The number of aromatic nitrogens is 2. The van der Waals surface area contributed by atoms with Crippen LogP contribution in [0.15, 0.2) is 48.8 Å². The zero-order valence-electron chi connectivity index (χ0n) is 13.8. The summed E-state index contributed by atoms with van der Waals surface area (Å²) >= 11 is 0. The average molecular weight is 321 g/mol. The van der Waals surface area contributed by atoms with Crippen LogP contribution in [-0.2, 0) is 4.79 Å². The van der Waals surface area contributed by atoms with Gasteiger partial charge in [-0.3, -0.25) is 4.79 Å². The molecule has 1 saturated heterocycles. The van der Waals surface area contributed by atoms with Crippen LogP contribution in [0, 0.1) is 0 Å². The molecule has 0 saturated carbocycles. The van der Waals surface area contributed by atoms with Crippen molar-refractivity contribution < 1.29 is 9.53 Å². The maximum atomic E-state index is 11.8. The molecule has 4 rings (SSSR count). The molecular weight excluding hydrogens is 302 g/mol. The first kappa shape index (κ1) is 14.8. The Kier molecular flexibility index (Phi) is 3.49. The van der Waals surface area contributed by atoms with Crippen molar-refractivity contribution in [2.45, 2.75) is 12.5 Å². The first-order chi connectivity index (χ1) is 11.7. The fraction of sp³-hybridized carbons (Fsp3) is 0.263. The Hall–Kier alpha value is -2.82. The fourth-order valence-corrected chi connectivity index (χ4v) is 3.35. The number of methoxy groups -OCH3 is 1. The highest BCUT2D eigenvalue weighted by atomic mass is 16.5. The molecule has 3 aromatic rings. The summed E-state index contributed by atoms with van der Waals surface area (Å²) in [5.74, 6) is 1.94. The Morgan fingerprint density at radius 3 is 2.71 bits per heavy atom. The number of carbonyl (C=O) groups excluding carboxylic acids is 1. The van der Waals surface area contributed by atoms with Crippen LogP contribution in [0.2, 0.25) is 0 Å². The summed E-state index contributed by atoms with van der Waals surface area (Å²) in [5, 5.41) is 2.27. The third kappa shape index (κ3) is 2.42. The van der Waals surface area contributed by atoms with E-state index in [-0.39, 0.29) is 11.9 Å². The number of imidazole rings is 1. The van der Waals surface area contributed by atoms with Gasteiger partial charge in [-0.15, -0.1) is 0 Å². The van der Waals surface area contributed by atoms with E-state index in [1.807, 2.05) is 25.4 Å². The van der Waals surface area contributed by atoms with Crippen molar-refractivity contribution in [1.29, 1.82) is 0 Å². The second kappa shape index (κ2) is 5.67. The van der Waals surface area contributed by atoms with E-state index in [0.717, 1.165) is 34.5 Å². The zero-order chi connectivity index (χ0) is 16.7. The molecule has 0 bridgehead atoms. The molecule has 122 valence electrons. The number of ether oxygens (including phenoxy) is 1. The summed E-state index contributed by atoms with van der Waals surface area (Å²) in [4.78, 5) is 18.2. The average Bonchev–Trinajstić information content (AvgIpc) is 3.21. The number of likely N-dealkylation sites (N-methyl/N-ethyl adjacent to an activating group) is 1. The van der Waals surface area contributed by atoms with Gasteiger partial charge in [0, 0.05) is 38.0 Å². The second-order valence-electron chi connectivity index (χ2n) is 6.22. The van der Waals surface area contributed by atoms with Crippen molar-refractivity contribution in [1.82, 2.24) is 14.5 Å². The zero-order valence-corrected chi connectivity index (χ0v) is 13.8. The smallest absolute Gasteiger partial charge is 0.224 e.